The maximum Gasteiger partial charge on any atom is 0.221 e. The van der Waals surface area contributed by atoms with Crippen LogP contribution in [0.4, 0.5) is 15.8 Å². The molecule has 1 saturated heterocycles. The van der Waals surface area contributed by atoms with Crippen molar-refractivity contribution in [3.05, 3.63) is 54.3 Å². The van der Waals surface area contributed by atoms with Crippen LogP contribution < -0.4 is 15.0 Å². The number of nitrogens with zero attached hydrogens (tertiary/aromatic N) is 2. The van der Waals surface area contributed by atoms with Crippen molar-refractivity contribution in [2.24, 2.45) is 0 Å². The van der Waals surface area contributed by atoms with E-state index in [4.69, 9.17) is 4.74 Å². The lowest BCUT2D eigenvalue weighted by atomic mass is 10.2. The molecule has 0 radical (unpaired) electrons. The van der Waals surface area contributed by atoms with E-state index in [1.165, 1.54) is 19.1 Å². The minimum atomic E-state index is -0.590. The van der Waals surface area contributed by atoms with Gasteiger partial charge >= 0.3 is 0 Å². The first-order chi connectivity index (χ1) is 13.5. The average molecular weight is 387 g/mol. The second-order valence-electron chi connectivity index (χ2n) is 6.93. The predicted octanol–water partition coefficient (Wildman–Crippen LogP) is 2.35. The molecule has 1 amide bonds. The van der Waals surface area contributed by atoms with E-state index >= 15 is 0 Å². The Labute approximate surface area is 164 Å². The second-order valence-corrected chi connectivity index (χ2v) is 6.93. The summed E-state index contributed by atoms with van der Waals surface area (Å²) in [5, 5.41) is 13.0. The number of carbonyl (C=O) groups is 1. The molecule has 2 N–H and O–H groups in total. The van der Waals surface area contributed by atoms with Gasteiger partial charge in [0, 0.05) is 51.0 Å². The first-order valence-electron chi connectivity index (χ1n) is 9.41. The van der Waals surface area contributed by atoms with Crippen molar-refractivity contribution < 1.29 is 19.0 Å². The molecule has 0 aromatic heterocycles. The van der Waals surface area contributed by atoms with Gasteiger partial charge in [-0.1, -0.05) is 0 Å². The molecular weight excluding hydrogens is 361 g/mol. The highest BCUT2D eigenvalue weighted by Crippen LogP contribution is 2.18. The Kier molecular flexibility index (Phi) is 6.84. The van der Waals surface area contributed by atoms with E-state index in [-0.39, 0.29) is 18.3 Å². The number of piperazine rings is 1. The summed E-state index contributed by atoms with van der Waals surface area (Å²) in [5.41, 5.74) is 1.73. The summed E-state index contributed by atoms with van der Waals surface area (Å²) in [6.07, 6.45) is -0.590. The second kappa shape index (κ2) is 9.52. The van der Waals surface area contributed by atoms with Crippen LogP contribution in [-0.2, 0) is 4.79 Å². The smallest absolute Gasteiger partial charge is 0.221 e. The van der Waals surface area contributed by atoms with E-state index in [1.54, 1.807) is 36.4 Å². The lowest BCUT2D eigenvalue weighted by Gasteiger charge is -2.36. The maximum atomic E-state index is 13.0. The number of carbonyl (C=O) groups excluding carboxylic acids is 1. The molecule has 2 aromatic carbocycles. The van der Waals surface area contributed by atoms with Crippen LogP contribution in [0, 0.1) is 5.82 Å². The van der Waals surface area contributed by atoms with Gasteiger partial charge in [-0.05, 0) is 48.5 Å². The number of aliphatic hydroxyl groups excluding tert-OH is 1. The van der Waals surface area contributed by atoms with Crippen LogP contribution in [-0.4, -0.2) is 61.3 Å². The van der Waals surface area contributed by atoms with Crippen LogP contribution in [0.5, 0.6) is 5.75 Å². The number of hydrogen-bond donors (Lipinski definition) is 2. The van der Waals surface area contributed by atoms with Crippen molar-refractivity contribution in [1.29, 1.82) is 0 Å². The van der Waals surface area contributed by atoms with Crippen LogP contribution in [0.25, 0.3) is 0 Å². The van der Waals surface area contributed by atoms with Gasteiger partial charge in [0.05, 0.1) is 0 Å². The molecule has 1 aliphatic rings. The summed E-state index contributed by atoms with van der Waals surface area (Å²) in [6, 6.07) is 13.6. The highest BCUT2D eigenvalue weighted by atomic mass is 19.1. The lowest BCUT2D eigenvalue weighted by molar-refractivity contribution is -0.114. The largest absolute Gasteiger partial charge is 0.491 e. The fraction of sp³-hybridized carbons (Fsp3) is 0.381. The number of amides is 1. The molecule has 1 fully saturated rings. The molecule has 6 nitrogen and oxygen atoms in total. The minimum absolute atomic E-state index is 0.122. The molecular formula is C21H26FN3O3. The fourth-order valence-corrected chi connectivity index (χ4v) is 3.22. The molecule has 0 saturated carbocycles. The SMILES string of the molecule is CC(=O)Nc1ccc(OC[C@@H](O)CN2CCN(c3ccc(F)cc3)CC2)cc1. The Balaban J connectivity index is 1.39. The van der Waals surface area contributed by atoms with Crippen LogP contribution in [0.15, 0.2) is 48.5 Å². The van der Waals surface area contributed by atoms with Gasteiger partial charge in [-0.15, -0.1) is 0 Å². The molecule has 1 atom stereocenters. The van der Waals surface area contributed by atoms with Gasteiger partial charge in [0.25, 0.3) is 0 Å². The number of hydrogen-bond acceptors (Lipinski definition) is 5. The van der Waals surface area contributed by atoms with Crippen molar-refractivity contribution in [1.82, 2.24) is 4.90 Å². The molecule has 2 aromatic rings. The van der Waals surface area contributed by atoms with Crippen molar-refractivity contribution >= 4 is 17.3 Å². The highest BCUT2D eigenvalue weighted by molar-refractivity contribution is 5.88. The van der Waals surface area contributed by atoms with Gasteiger partial charge in [0.2, 0.25) is 5.91 Å². The van der Waals surface area contributed by atoms with Crippen molar-refractivity contribution in [3.63, 3.8) is 0 Å². The van der Waals surface area contributed by atoms with E-state index in [2.05, 4.69) is 15.1 Å². The Morgan fingerprint density at radius 2 is 1.75 bits per heavy atom. The predicted molar refractivity (Wildman–Crippen MR) is 107 cm³/mol. The molecule has 7 heteroatoms. The zero-order valence-electron chi connectivity index (χ0n) is 16.0. The number of ether oxygens (including phenoxy) is 1. The number of aliphatic hydroxyl groups is 1. The van der Waals surface area contributed by atoms with Gasteiger partial charge < -0.3 is 20.1 Å². The number of halogens is 1. The highest BCUT2D eigenvalue weighted by Gasteiger charge is 2.19. The van der Waals surface area contributed by atoms with Crippen LogP contribution in [0.3, 0.4) is 0 Å². The average Bonchev–Trinajstić information content (AvgIpc) is 2.68. The molecule has 3 rings (SSSR count). The van der Waals surface area contributed by atoms with Crippen molar-refractivity contribution in [3.8, 4) is 5.75 Å². The van der Waals surface area contributed by atoms with Gasteiger partial charge in [0.15, 0.2) is 0 Å². The first kappa shape index (κ1) is 20.1. The quantitative estimate of drug-likeness (QED) is 0.764. The number of rotatable bonds is 7. The Morgan fingerprint density at radius 3 is 2.36 bits per heavy atom. The third kappa shape index (κ3) is 5.94. The van der Waals surface area contributed by atoms with Gasteiger partial charge in [-0.25, -0.2) is 4.39 Å². The Morgan fingerprint density at radius 1 is 1.11 bits per heavy atom. The van der Waals surface area contributed by atoms with Gasteiger partial charge in [0.1, 0.15) is 24.3 Å². The van der Waals surface area contributed by atoms with Crippen LogP contribution in [0.2, 0.25) is 0 Å². The molecule has 0 bridgehead atoms. The monoisotopic (exact) mass is 387 g/mol. The summed E-state index contributed by atoms with van der Waals surface area (Å²) in [7, 11) is 0. The standard InChI is InChI=1S/C21H26FN3O3/c1-16(26)23-18-4-8-21(9-5-18)28-15-20(27)14-24-10-12-25(13-11-24)19-6-2-17(22)3-7-19/h2-9,20,27H,10-15H2,1H3,(H,23,26)/t20-/m0/s1. The number of nitrogens with one attached hydrogen (secondary N) is 1. The van der Waals surface area contributed by atoms with Crippen LogP contribution in [0.1, 0.15) is 6.92 Å². The molecule has 0 spiro atoms. The van der Waals surface area contributed by atoms with Crippen molar-refractivity contribution in [2.45, 2.75) is 13.0 Å². The number of β-amino-alcohol motifs (C(OH)–C–C–N with tert-alkyl or cyclic N) is 1. The lowest BCUT2D eigenvalue weighted by Crippen LogP contribution is -2.49. The third-order valence-corrected chi connectivity index (χ3v) is 4.65. The molecule has 150 valence electrons. The molecule has 1 aliphatic heterocycles. The summed E-state index contributed by atoms with van der Waals surface area (Å²) in [6.45, 7) is 5.55. The van der Waals surface area contributed by atoms with E-state index in [9.17, 15) is 14.3 Å². The van der Waals surface area contributed by atoms with Gasteiger partial charge in [-0.2, -0.15) is 0 Å². The number of benzene rings is 2. The fourth-order valence-electron chi connectivity index (χ4n) is 3.22. The molecule has 1 heterocycles. The summed E-state index contributed by atoms with van der Waals surface area (Å²) >= 11 is 0. The summed E-state index contributed by atoms with van der Waals surface area (Å²) < 4.78 is 18.7. The Bertz CT molecular complexity index is 759. The van der Waals surface area contributed by atoms with E-state index in [1.807, 2.05) is 0 Å². The van der Waals surface area contributed by atoms with E-state index in [0.717, 1.165) is 31.9 Å². The van der Waals surface area contributed by atoms with E-state index in [0.29, 0.717) is 18.0 Å². The zero-order chi connectivity index (χ0) is 19.9. The summed E-state index contributed by atoms with van der Waals surface area (Å²) in [4.78, 5) is 15.4. The Hall–Kier alpha value is -2.64. The van der Waals surface area contributed by atoms with Crippen molar-refractivity contribution in [2.75, 3.05) is 49.5 Å². The van der Waals surface area contributed by atoms with Gasteiger partial charge in [-0.3, -0.25) is 9.69 Å². The molecule has 0 aliphatic carbocycles. The molecule has 0 unspecified atom stereocenters. The summed E-state index contributed by atoms with van der Waals surface area (Å²) in [5.74, 6) is 0.299. The first-order valence-corrected chi connectivity index (χ1v) is 9.41. The normalized spacial score (nSPS) is 15.9. The van der Waals surface area contributed by atoms with E-state index < -0.39 is 6.10 Å². The topological polar surface area (TPSA) is 65.0 Å². The molecule has 28 heavy (non-hydrogen) atoms. The maximum absolute atomic E-state index is 13.0. The van der Waals surface area contributed by atoms with Crippen LogP contribution >= 0.6 is 0 Å². The zero-order valence-corrected chi connectivity index (χ0v) is 16.0. The third-order valence-electron chi connectivity index (χ3n) is 4.65. The number of anilines is 2. The minimum Gasteiger partial charge on any atom is -0.491 e.